The molecule has 2 rings (SSSR count). The summed E-state index contributed by atoms with van der Waals surface area (Å²) in [5, 5.41) is 2.73. The Bertz CT molecular complexity index is 883. The summed E-state index contributed by atoms with van der Waals surface area (Å²) in [4.78, 5) is 35.6. The predicted octanol–water partition coefficient (Wildman–Crippen LogP) is 2.21. The summed E-state index contributed by atoms with van der Waals surface area (Å²) in [7, 11) is 1.37. The van der Waals surface area contributed by atoms with Crippen molar-refractivity contribution in [3.63, 3.8) is 0 Å². The number of nitrogens with two attached hydrogens (primary N) is 2. The lowest BCUT2D eigenvalue weighted by atomic mass is 10.1. The molecule has 0 aromatic heterocycles. The average molecular weight is 392 g/mol. The third-order valence-corrected chi connectivity index (χ3v) is 3.96. The van der Waals surface area contributed by atoms with Gasteiger partial charge in [0, 0.05) is 17.3 Å². The molecule has 0 unspecified atom stereocenters. The maximum atomic E-state index is 12.3. The van der Waals surface area contributed by atoms with Gasteiger partial charge in [-0.3, -0.25) is 9.59 Å². The molecular weight excluding hydrogens is 374 g/mol. The second-order valence-electron chi connectivity index (χ2n) is 5.55. The van der Waals surface area contributed by atoms with E-state index in [1.165, 1.54) is 50.4 Å². The predicted molar refractivity (Wildman–Crippen MR) is 101 cm³/mol. The zero-order valence-electron chi connectivity index (χ0n) is 14.6. The molecule has 5 N–H and O–H groups in total. The highest BCUT2D eigenvalue weighted by Gasteiger charge is 2.22. The van der Waals surface area contributed by atoms with Gasteiger partial charge >= 0.3 is 5.97 Å². The summed E-state index contributed by atoms with van der Waals surface area (Å²) in [5.74, 6) is -1.75. The van der Waals surface area contributed by atoms with Crippen LogP contribution in [-0.4, -0.2) is 31.0 Å². The molecule has 0 spiro atoms. The molecule has 0 saturated heterocycles. The molecule has 9 heteroatoms. The van der Waals surface area contributed by atoms with Crippen LogP contribution in [0.25, 0.3) is 0 Å². The highest BCUT2D eigenvalue weighted by atomic mass is 35.5. The van der Waals surface area contributed by atoms with E-state index in [-0.39, 0.29) is 22.0 Å². The van der Waals surface area contributed by atoms with Crippen LogP contribution in [0.2, 0.25) is 5.02 Å². The van der Waals surface area contributed by atoms with Gasteiger partial charge in [0.25, 0.3) is 5.91 Å². The third-order valence-electron chi connectivity index (χ3n) is 3.63. The topological polar surface area (TPSA) is 134 Å². The van der Waals surface area contributed by atoms with Crippen molar-refractivity contribution in [3.05, 3.63) is 52.5 Å². The minimum absolute atomic E-state index is 0.0437. The van der Waals surface area contributed by atoms with Gasteiger partial charge in [-0.2, -0.15) is 0 Å². The van der Waals surface area contributed by atoms with Crippen LogP contribution in [-0.2, 0) is 9.53 Å². The van der Waals surface area contributed by atoms with Crippen LogP contribution in [0.15, 0.2) is 36.4 Å². The molecule has 0 aliphatic carbocycles. The van der Waals surface area contributed by atoms with E-state index >= 15 is 0 Å². The number of benzene rings is 2. The first-order valence-corrected chi connectivity index (χ1v) is 8.15. The number of esters is 1. The maximum absolute atomic E-state index is 12.3. The summed E-state index contributed by atoms with van der Waals surface area (Å²) in [6.07, 6.45) is -1.10. The van der Waals surface area contributed by atoms with Gasteiger partial charge in [-0.15, -0.1) is 0 Å². The number of halogens is 1. The largest absolute Gasteiger partial charge is 0.496 e. The minimum atomic E-state index is -1.10. The monoisotopic (exact) mass is 391 g/mol. The fraction of sp³-hybridized carbons (Fsp3) is 0.167. The first kappa shape index (κ1) is 20.1. The number of primary amides is 1. The quantitative estimate of drug-likeness (QED) is 0.510. The van der Waals surface area contributed by atoms with Gasteiger partial charge in [0.2, 0.25) is 5.91 Å². The van der Waals surface area contributed by atoms with E-state index in [0.29, 0.717) is 11.3 Å². The number of hydrogen-bond acceptors (Lipinski definition) is 6. The molecule has 2 aromatic carbocycles. The van der Waals surface area contributed by atoms with Gasteiger partial charge in [-0.05, 0) is 37.3 Å². The van der Waals surface area contributed by atoms with Gasteiger partial charge in [0.1, 0.15) is 11.3 Å². The highest BCUT2D eigenvalue weighted by molar-refractivity contribution is 6.33. The van der Waals surface area contributed by atoms with E-state index in [1.807, 2.05) is 0 Å². The maximum Gasteiger partial charge on any atom is 0.342 e. The van der Waals surface area contributed by atoms with Crippen LogP contribution < -0.4 is 21.5 Å². The van der Waals surface area contributed by atoms with Crippen LogP contribution in [0.1, 0.15) is 27.6 Å². The van der Waals surface area contributed by atoms with Crippen molar-refractivity contribution in [1.82, 2.24) is 0 Å². The van der Waals surface area contributed by atoms with E-state index in [2.05, 4.69) is 5.32 Å². The van der Waals surface area contributed by atoms with E-state index in [0.717, 1.165) is 0 Å². The van der Waals surface area contributed by atoms with Crippen LogP contribution in [0.3, 0.4) is 0 Å². The number of nitrogens with one attached hydrogen (secondary N) is 1. The van der Waals surface area contributed by atoms with Gasteiger partial charge in [-0.1, -0.05) is 11.6 Å². The van der Waals surface area contributed by atoms with Gasteiger partial charge in [0.05, 0.1) is 17.8 Å². The molecular formula is C18H18ClN3O5. The summed E-state index contributed by atoms with van der Waals surface area (Å²) in [5.41, 5.74) is 11.8. The van der Waals surface area contributed by atoms with Crippen molar-refractivity contribution in [2.75, 3.05) is 18.2 Å². The number of amides is 2. The molecule has 8 nitrogen and oxygen atoms in total. The molecule has 0 aliphatic heterocycles. The molecule has 0 aliphatic rings. The molecule has 0 radical (unpaired) electrons. The fourth-order valence-corrected chi connectivity index (χ4v) is 2.30. The van der Waals surface area contributed by atoms with Gasteiger partial charge in [-0.25, -0.2) is 4.79 Å². The van der Waals surface area contributed by atoms with Crippen molar-refractivity contribution < 1.29 is 23.9 Å². The molecule has 0 bridgehead atoms. The number of carbonyl (C=O) groups excluding carboxylic acids is 3. The Kier molecular flexibility index (Phi) is 6.25. The number of methoxy groups -OCH3 is 1. The molecule has 1 atom stereocenters. The van der Waals surface area contributed by atoms with E-state index in [1.54, 1.807) is 0 Å². The SMILES string of the molecule is COc1cc(N)c(Cl)cc1C(=O)O[C@@H](C)C(=O)Nc1ccc(C(N)=O)cc1. The zero-order valence-corrected chi connectivity index (χ0v) is 15.4. The van der Waals surface area contributed by atoms with Crippen LogP contribution >= 0.6 is 11.6 Å². The average Bonchev–Trinajstić information content (AvgIpc) is 2.63. The van der Waals surface area contributed by atoms with Crippen molar-refractivity contribution in [1.29, 1.82) is 0 Å². The molecule has 142 valence electrons. The zero-order chi connectivity index (χ0) is 20.1. The van der Waals surface area contributed by atoms with Crippen molar-refractivity contribution in [2.24, 2.45) is 5.73 Å². The van der Waals surface area contributed by atoms with Crippen molar-refractivity contribution in [3.8, 4) is 5.75 Å². The van der Waals surface area contributed by atoms with Crippen molar-refractivity contribution >= 4 is 40.8 Å². The number of anilines is 2. The number of nitrogen functional groups attached to an aromatic ring is 1. The van der Waals surface area contributed by atoms with Crippen molar-refractivity contribution in [2.45, 2.75) is 13.0 Å². The van der Waals surface area contributed by atoms with Gasteiger partial charge < -0.3 is 26.3 Å². The lowest BCUT2D eigenvalue weighted by molar-refractivity contribution is -0.123. The summed E-state index contributed by atoms with van der Waals surface area (Å²) < 4.78 is 10.3. The van der Waals surface area contributed by atoms with Crippen LogP contribution in [0, 0.1) is 0 Å². The molecule has 0 fully saturated rings. The standard InChI is InChI=1S/C18H18ClN3O5/c1-9(17(24)22-11-5-3-10(4-6-11)16(21)23)27-18(25)12-7-13(19)14(20)8-15(12)26-2/h3-9H,20H2,1-2H3,(H2,21,23)(H,22,24)/t9-/m0/s1. The Hall–Kier alpha value is -3.26. The van der Waals surface area contributed by atoms with E-state index in [9.17, 15) is 14.4 Å². The second-order valence-corrected chi connectivity index (χ2v) is 5.96. The molecule has 27 heavy (non-hydrogen) atoms. The van der Waals surface area contributed by atoms with Crippen LogP contribution in [0.4, 0.5) is 11.4 Å². The molecule has 0 heterocycles. The minimum Gasteiger partial charge on any atom is -0.496 e. The molecule has 2 amide bonds. The Labute approximate surface area is 160 Å². The third kappa shape index (κ3) is 4.89. The number of carbonyl (C=O) groups is 3. The Balaban J connectivity index is 2.06. The number of hydrogen-bond donors (Lipinski definition) is 3. The summed E-state index contributed by atoms with van der Waals surface area (Å²) in [6, 6.07) is 8.66. The number of rotatable bonds is 6. The Morgan fingerprint density at radius 1 is 1.15 bits per heavy atom. The first-order chi connectivity index (χ1) is 12.7. The molecule has 2 aromatic rings. The smallest absolute Gasteiger partial charge is 0.342 e. The van der Waals surface area contributed by atoms with E-state index in [4.69, 9.17) is 32.5 Å². The highest BCUT2D eigenvalue weighted by Crippen LogP contribution is 2.29. The summed E-state index contributed by atoms with van der Waals surface area (Å²) >= 11 is 5.93. The summed E-state index contributed by atoms with van der Waals surface area (Å²) in [6.45, 7) is 1.41. The number of ether oxygens (including phenoxy) is 2. The lowest BCUT2D eigenvalue weighted by Gasteiger charge is -2.15. The first-order valence-electron chi connectivity index (χ1n) is 7.77. The van der Waals surface area contributed by atoms with Gasteiger partial charge in [0.15, 0.2) is 6.10 Å². The normalized spacial score (nSPS) is 11.4. The molecule has 0 saturated carbocycles. The Morgan fingerprint density at radius 2 is 1.78 bits per heavy atom. The second kappa shape index (κ2) is 8.41. The van der Waals surface area contributed by atoms with Crippen LogP contribution in [0.5, 0.6) is 5.75 Å². The fourth-order valence-electron chi connectivity index (χ4n) is 2.14. The lowest BCUT2D eigenvalue weighted by Crippen LogP contribution is -2.30. The Morgan fingerprint density at radius 3 is 2.33 bits per heavy atom. The van der Waals surface area contributed by atoms with E-state index < -0.39 is 23.9 Å².